The smallest absolute Gasteiger partial charge is 0.235 e. The van der Waals surface area contributed by atoms with Crippen molar-refractivity contribution in [1.82, 2.24) is 9.88 Å². The molecule has 0 bridgehead atoms. The van der Waals surface area contributed by atoms with Crippen LogP contribution in [0.4, 0.5) is 0 Å². The van der Waals surface area contributed by atoms with E-state index in [1.54, 1.807) is 6.92 Å². The molecule has 2 aliphatic heterocycles. The number of benzene rings is 1. The van der Waals surface area contributed by atoms with Crippen LogP contribution in [0.2, 0.25) is 0 Å². The van der Waals surface area contributed by atoms with E-state index in [0.717, 1.165) is 14.6 Å². The monoisotopic (exact) mass is 361 g/mol. The molecule has 4 rings (SSSR count). The molecule has 0 aliphatic carbocycles. The van der Waals surface area contributed by atoms with Gasteiger partial charge in [-0.05, 0) is 19.1 Å². The molecule has 1 N–H and O–H groups in total. The van der Waals surface area contributed by atoms with E-state index in [-0.39, 0.29) is 17.6 Å². The Morgan fingerprint density at radius 1 is 1.50 bits per heavy atom. The van der Waals surface area contributed by atoms with Gasteiger partial charge in [-0.2, -0.15) is 0 Å². The first-order valence-corrected chi connectivity index (χ1v) is 9.09. The van der Waals surface area contributed by atoms with Gasteiger partial charge in [0.25, 0.3) is 0 Å². The van der Waals surface area contributed by atoms with E-state index in [0.29, 0.717) is 11.3 Å². The van der Waals surface area contributed by atoms with E-state index in [2.05, 4.69) is 4.98 Å². The molecule has 24 heavy (non-hydrogen) atoms. The van der Waals surface area contributed by atoms with E-state index in [9.17, 15) is 19.8 Å². The van der Waals surface area contributed by atoms with E-state index in [1.165, 1.54) is 28.0 Å². The van der Waals surface area contributed by atoms with Gasteiger partial charge in [0.1, 0.15) is 0 Å². The molecular formula is C16H13N2O4S2-. The number of thiazole rings is 1. The number of fused-ring (bicyclic) bond motifs is 2. The number of nitrogens with zero attached hydrogens (tertiary/aromatic N) is 2. The molecule has 2 aliphatic rings. The molecular weight excluding hydrogens is 348 g/mol. The Hall–Kier alpha value is -1.90. The SMILES string of the molecule is C[C@@H](O)[C@H]1C(=O)N2C(C(=O)[O-])=C(Sc3nc4ccccc4s3)C[C@H]12. The molecule has 1 saturated heterocycles. The molecule has 1 aromatic carbocycles. The number of carbonyl (C=O) groups excluding carboxylic acids is 2. The number of thioether (sulfide) groups is 1. The van der Waals surface area contributed by atoms with Crippen molar-refractivity contribution in [3.05, 3.63) is 34.9 Å². The number of aliphatic hydroxyl groups excluding tert-OH is 1. The van der Waals surface area contributed by atoms with E-state index in [4.69, 9.17) is 0 Å². The lowest BCUT2D eigenvalue weighted by Crippen LogP contribution is -2.62. The van der Waals surface area contributed by atoms with Crippen molar-refractivity contribution >= 4 is 45.2 Å². The summed E-state index contributed by atoms with van der Waals surface area (Å²) in [5.41, 5.74) is 0.783. The Morgan fingerprint density at radius 2 is 2.25 bits per heavy atom. The summed E-state index contributed by atoms with van der Waals surface area (Å²) in [5.74, 6) is -2.26. The van der Waals surface area contributed by atoms with E-state index >= 15 is 0 Å². The highest BCUT2D eigenvalue weighted by molar-refractivity contribution is 8.04. The van der Waals surface area contributed by atoms with Gasteiger partial charge in [-0.15, -0.1) is 11.3 Å². The molecule has 3 atom stereocenters. The van der Waals surface area contributed by atoms with Crippen molar-refractivity contribution in [2.24, 2.45) is 5.92 Å². The third-order valence-corrected chi connectivity index (χ3v) is 6.57. The predicted octanol–water partition coefficient (Wildman–Crippen LogP) is 0.961. The quantitative estimate of drug-likeness (QED) is 0.816. The number of aliphatic hydroxyl groups is 1. The number of carboxylic acids is 1. The van der Waals surface area contributed by atoms with Crippen LogP contribution in [0.25, 0.3) is 10.2 Å². The fourth-order valence-electron chi connectivity index (χ4n) is 3.31. The zero-order valence-electron chi connectivity index (χ0n) is 12.6. The van der Waals surface area contributed by atoms with Crippen molar-refractivity contribution in [1.29, 1.82) is 0 Å². The molecule has 0 unspecified atom stereocenters. The van der Waals surface area contributed by atoms with Crippen LogP contribution in [0.15, 0.2) is 39.2 Å². The second-order valence-corrected chi connectivity index (χ2v) is 8.23. The average Bonchev–Trinajstić information content (AvgIpc) is 3.05. The average molecular weight is 361 g/mol. The number of β-lactam (4-membered cyclic amide) rings is 1. The van der Waals surface area contributed by atoms with Gasteiger partial charge in [0.05, 0.1) is 39.9 Å². The lowest BCUT2D eigenvalue weighted by Gasteiger charge is -2.45. The van der Waals surface area contributed by atoms with Gasteiger partial charge in [0, 0.05) is 11.3 Å². The van der Waals surface area contributed by atoms with Gasteiger partial charge in [0.2, 0.25) is 5.91 Å². The highest BCUT2D eigenvalue weighted by atomic mass is 32.2. The van der Waals surface area contributed by atoms with E-state index in [1.807, 2.05) is 24.3 Å². The van der Waals surface area contributed by atoms with Gasteiger partial charge in [-0.1, -0.05) is 23.9 Å². The fraction of sp³-hybridized carbons (Fsp3) is 0.312. The van der Waals surface area contributed by atoms with Crippen molar-refractivity contribution in [2.75, 3.05) is 0 Å². The maximum absolute atomic E-state index is 12.2. The summed E-state index contributed by atoms with van der Waals surface area (Å²) in [6.45, 7) is 1.55. The van der Waals surface area contributed by atoms with Crippen LogP contribution in [0.3, 0.4) is 0 Å². The third-order valence-electron chi connectivity index (χ3n) is 4.37. The second-order valence-electron chi connectivity index (χ2n) is 5.85. The standard InChI is InChI=1S/C16H14N2O4S2/c1-7(19)12-9-6-11(13(15(21)22)18(9)14(12)20)24-16-17-8-4-2-3-5-10(8)23-16/h2-5,7,9,12,19H,6H2,1H3,(H,21,22)/p-1/t7-,9-,12-/m1/s1. The molecule has 2 aromatic rings. The molecule has 6 nitrogen and oxygen atoms in total. The highest BCUT2D eigenvalue weighted by Gasteiger charge is 2.55. The number of hydrogen-bond acceptors (Lipinski definition) is 7. The molecule has 8 heteroatoms. The van der Waals surface area contributed by atoms with Crippen LogP contribution in [-0.4, -0.2) is 39.0 Å². The van der Waals surface area contributed by atoms with Gasteiger partial charge in [0.15, 0.2) is 4.34 Å². The first kappa shape index (κ1) is 15.6. The maximum atomic E-state index is 12.2. The van der Waals surface area contributed by atoms with Gasteiger partial charge < -0.3 is 19.9 Å². The highest BCUT2D eigenvalue weighted by Crippen LogP contribution is 2.49. The van der Waals surface area contributed by atoms with Gasteiger partial charge in [-0.25, -0.2) is 4.98 Å². The molecule has 0 spiro atoms. The summed E-state index contributed by atoms with van der Waals surface area (Å²) >= 11 is 2.75. The molecule has 3 heterocycles. The Morgan fingerprint density at radius 3 is 2.92 bits per heavy atom. The maximum Gasteiger partial charge on any atom is 0.235 e. The zero-order chi connectivity index (χ0) is 17.0. The largest absolute Gasteiger partial charge is 0.543 e. The fourth-order valence-corrected chi connectivity index (χ4v) is 5.63. The van der Waals surface area contributed by atoms with Crippen LogP contribution >= 0.6 is 23.1 Å². The number of rotatable bonds is 4. The molecule has 124 valence electrons. The first-order valence-electron chi connectivity index (χ1n) is 7.46. The summed E-state index contributed by atoms with van der Waals surface area (Å²) in [7, 11) is 0. The minimum Gasteiger partial charge on any atom is -0.543 e. The number of carboxylic acid groups (broad SMARTS) is 1. The van der Waals surface area contributed by atoms with Crippen LogP contribution in [-0.2, 0) is 9.59 Å². The molecule has 1 aromatic heterocycles. The second kappa shape index (κ2) is 5.58. The van der Waals surface area contributed by atoms with Gasteiger partial charge in [-0.3, -0.25) is 4.79 Å². The number of para-hydroxylation sites is 1. The Labute approximate surface area is 145 Å². The molecule has 0 saturated carbocycles. The van der Waals surface area contributed by atoms with Crippen LogP contribution in [0.5, 0.6) is 0 Å². The zero-order valence-corrected chi connectivity index (χ0v) is 14.3. The molecule has 0 radical (unpaired) electrons. The van der Waals surface area contributed by atoms with Crippen molar-refractivity contribution in [3.63, 3.8) is 0 Å². The van der Waals surface area contributed by atoms with Crippen molar-refractivity contribution in [2.45, 2.75) is 29.8 Å². The van der Waals surface area contributed by atoms with E-state index < -0.39 is 18.0 Å². The molecule has 1 fully saturated rings. The minimum atomic E-state index is -1.36. The molecule has 1 amide bonds. The number of amides is 1. The Balaban J connectivity index is 1.66. The number of aromatic nitrogens is 1. The normalized spacial score (nSPS) is 24.2. The topological polar surface area (TPSA) is 93.6 Å². The summed E-state index contributed by atoms with van der Waals surface area (Å²) in [4.78, 5) is 30.0. The minimum absolute atomic E-state index is 0.0776. The summed E-state index contributed by atoms with van der Waals surface area (Å²) < 4.78 is 1.75. The van der Waals surface area contributed by atoms with Crippen LogP contribution < -0.4 is 5.11 Å². The number of hydrogen-bond donors (Lipinski definition) is 1. The summed E-state index contributed by atoms with van der Waals surface area (Å²) in [5, 5.41) is 21.3. The Kier molecular flexibility index (Phi) is 3.63. The first-order chi connectivity index (χ1) is 11.5. The summed E-state index contributed by atoms with van der Waals surface area (Å²) in [6.07, 6.45) is -0.390. The summed E-state index contributed by atoms with van der Waals surface area (Å²) in [6, 6.07) is 7.38. The number of carbonyl (C=O) groups is 2. The Bertz CT molecular complexity index is 856. The lowest BCUT2D eigenvalue weighted by molar-refractivity contribution is -0.301. The predicted molar refractivity (Wildman–Crippen MR) is 87.9 cm³/mol. The lowest BCUT2D eigenvalue weighted by atomic mass is 9.83. The van der Waals surface area contributed by atoms with Crippen molar-refractivity contribution < 1.29 is 19.8 Å². The van der Waals surface area contributed by atoms with Crippen LogP contribution in [0, 0.1) is 5.92 Å². The van der Waals surface area contributed by atoms with Gasteiger partial charge >= 0.3 is 0 Å². The van der Waals surface area contributed by atoms with Crippen LogP contribution in [0.1, 0.15) is 13.3 Å². The number of aliphatic carboxylic acids is 1. The van der Waals surface area contributed by atoms with Crippen molar-refractivity contribution in [3.8, 4) is 0 Å². The third kappa shape index (κ3) is 2.25.